The van der Waals surface area contributed by atoms with Gasteiger partial charge >= 0.3 is 0 Å². The Morgan fingerprint density at radius 2 is 0.778 bits per heavy atom. The minimum absolute atomic E-state index is 0.979. The summed E-state index contributed by atoms with van der Waals surface area (Å²) in [7, 11) is -1.96. The van der Waals surface area contributed by atoms with Crippen LogP contribution in [0.15, 0.2) is 0 Å². The molecule has 0 aromatic rings. The van der Waals surface area contributed by atoms with Crippen molar-refractivity contribution in [3.63, 3.8) is 0 Å². The zero-order valence-electron chi connectivity index (χ0n) is 13.2. The predicted molar refractivity (Wildman–Crippen MR) is 88.6 cm³/mol. The van der Waals surface area contributed by atoms with Gasteiger partial charge in [-0.15, -0.1) is 0 Å². The molecule has 2 aliphatic rings. The molecule has 0 amide bonds. The molecule has 2 saturated carbocycles. The lowest BCUT2D eigenvalue weighted by molar-refractivity contribution is 0.485. The minimum Gasteiger partial charge on any atom is -0.0711 e. The van der Waals surface area contributed by atoms with Crippen molar-refractivity contribution in [2.45, 2.75) is 101 Å². The Morgan fingerprint density at radius 1 is 0.500 bits per heavy atom. The molecule has 18 heavy (non-hydrogen) atoms. The van der Waals surface area contributed by atoms with E-state index in [1.807, 2.05) is 0 Å². The van der Waals surface area contributed by atoms with Gasteiger partial charge in [0.05, 0.1) is 0 Å². The van der Waals surface area contributed by atoms with Gasteiger partial charge in [0.25, 0.3) is 0 Å². The average molecular weight is 283 g/mol. The van der Waals surface area contributed by atoms with Gasteiger partial charge in [0.2, 0.25) is 0 Å². The first-order chi connectivity index (χ1) is 8.46. The van der Waals surface area contributed by atoms with Crippen LogP contribution in [-0.2, 0) is 0 Å². The van der Waals surface area contributed by atoms with Crippen molar-refractivity contribution in [3.8, 4) is 0 Å². The molecule has 0 aromatic carbocycles. The van der Waals surface area contributed by atoms with Crippen LogP contribution in [0, 0.1) is 0 Å². The summed E-state index contributed by atoms with van der Waals surface area (Å²) in [5, 5.41) is 0. The molecule has 0 saturated heterocycles. The number of hydrogen-bond donors (Lipinski definition) is 0. The molecule has 0 unspecified atom stereocenters. The molecule has 0 heterocycles. The zero-order chi connectivity index (χ0) is 13.2. The Balaban J connectivity index is 2.09. The van der Waals surface area contributed by atoms with E-state index in [4.69, 9.17) is 0 Å². The maximum atomic E-state index is 2.78. The first kappa shape index (κ1) is 14.8. The lowest BCUT2D eigenvalue weighted by Gasteiger charge is -2.50. The van der Waals surface area contributed by atoms with E-state index in [0.717, 1.165) is 0 Å². The largest absolute Gasteiger partial charge is 0.0711 e. The smallest absolute Gasteiger partial charge is 0.0446 e. The van der Waals surface area contributed by atoms with Crippen LogP contribution in [0.5, 0.6) is 0 Å². The highest BCUT2D eigenvalue weighted by molar-refractivity contribution is 7.41. The van der Waals surface area contributed by atoms with Gasteiger partial charge in [-0.05, 0) is 11.1 Å². The van der Waals surface area contributed by atoms with Crippen molar-refractivity contribution >= 4 is 15.2 Å². The summed E-state index contributed by atoms with van der Waals surface area (Å²) < 4.78 is 0. The van der Waals surface area contributed by atoms with Crippen molar-refractivity contribution in [2.24, 2.45) is 0 Å². The topological polar surface area (TPSA) is 0 Å². The lowest BCUT2D eigenvalue weighted by atomic mass is 10.0. The lowest BCUT2D eigenvalue weighted by Crippen LogP contribution is -2.61. The standard InChI is InChI=1S/C16H34Si2/c1-17(2,15-11-7-5-8-12-15)18(3,4)16-13-9-6-10-14-16/h15-16H,5-14H2,1-4H3. The SMILES string of the molecule is C[Si](C)(C1CCCCC1)[Si](C)(C)C1CCCCC1. The van der Waals surface area contributed by atoms with Gasteiger partial charge < -0.3 is 0 Å². The monoisotopic (exact) mass is 282 g/mol. The van der Waals surface area contributed by atoms with Gasteiger partial charge in [-0.25, -0.2) is 0 Å². The van der Waals surface area contributed by atoms with E-state index >= 15 is 0 Å². The van der Waals surface area contributed by atoms with Crippen LogP contribution in [0.2, 0.25) is 37.3 Å². The van der Waals surface area contributed by atoms with E-state index in [2.05, 4.69) is 26.2 Å². The Hall–Kier alpha value is 0.434. The van der Waals surface area contributed by atoms with Gasteiger partial charge in [-0.3, -0.25) is 0 Å². The van der Waals surface area contributed by atoms with Gasteiger partial charge in [0.15, 0.2) is 0 Å². The summed E-state index contributed by atoms with van der Waals surface area (Å²) in [5.41, 5.74) is 2.35. The summed E-state index contributed by atoms with van der Waals surface area (Å²) in [4.78, 5) is 0. The van der Waals surface area contributed by atoms with Crippen molar-refractivity contribution in [2.75, 3.05) is 0 Å². The van der Waals surface area contributed by atoms with Crippen LogP contribution >= 0.6 is 0 Å². The van der Waals surface area contributed by atoms with E-state index in [-0.39, 0.29) is 0 Å². The van der Waals surface area contributed by atoms with E-state index < -0.39 is 15.2 Å². The third-order valence-corrected chi connectivity index (χ3v) is 27.9. The first-order valence-corrected chi connectivity index (χ1v) is 15.6. The van der Waals surface area contributed by atoms with Crippen LogP contribution < -0.4 is 0 Å². The maximum Gasteiger partial charge on any atom is 0.0446 e. The second-order valence-corrected chi connectivity index (χ2v) is 24.4. The molecule has 0 aliphatic heterocycles. The highest BCUT2D eigenvalue weighted by atomic mass is 29.3. The molecule has 2 rings (SSSR count). The summed E-state index contributed by atoms with van der Waals surface area (Å²) in [6, 6.07) is 0. The van der Waals surface area contributed by atoms with Gasteiger partial charge in [-0.1, -0.05) is 90.4 Å². The molecule has 106 valence electrons. The fraction of sp³-hybridized carbons (Fsp3) is 1.00. The molecule has 0 bridgehead atoms. The third-order valence-electron chi connectivity index (χ3n) is 6.91. The molecule has 2 heteroatoms. The van der Waals surface area contributed by atoms with Gasteiger partial charge in [-0.2, -0.15) is 0 Å². The molecular formula is C16H34Si2. The molecule has 0 spiro atoms. The summed E-state index contributed by atoms with van der Waals surface area (Å²) >= 11 is 0. The maximum absolute atomic E-state index is 2.78. The van der Waals surface area contributed by atoms with Gasteiger partial charge in [0, 0.05) is 15.2 Å². The van der Waals surface area contributed by atoms with Crippen molar-refractivity contribution in [1.29, 1.82) is 0 Å². The highest BCUT2D eigenvalue weighted by Crippen LogP contribution is 2.48. The van der Waals surface area contributed by atoms with E-state index in [1.165, 1.54) is 49.6 Å². The quantitative estimate of drug-likeness (QED) is 0.545. The van der Waals surface area contributed by atoms with Crippen LogP contribution in [0.3, 0.4) is 0 Å². The van der Waals surface area contributed by atoms with E-state index in [9.17, 15) is 0 Å². The molecule has 0 aromatic heterocycles. The summed E-state index contributed by atoms with van der Waals surface area (Å²) in [5.74, 6) is 0. The van der Waals surface area contributed by atoms with Crippen LogP contribution in [0.4, 0.5) is 0 Å². The molecule has 0 atom stereocenters. The second kappa shape index (κ2) is 5.82. The minimum atomic E-state index is -0.979. The van der Waals surface area contributed by atoms with Crippen LogP contribution in [0.25, 0.3) is 0 Å². The average Bonchev–Trinajstić information content (AvgIpc) is 2.40. The second-order valence-electron chi connectivity index (χ2n) is 8.11. The van der Waals surface area contributed by atoms with Crippen LogP contribution in [0.1, 0.15) is 64.2 Å². The van der Waals surface area contributed by atoms with Gasteiger partial charge in [0.1, 0.15) is 0 Å². The van der Waals surface area contributed by atoms with Crippen LogP contribution in [-0.4, -0.2) is 15.2 Å². The molecule has 0 radical (unpaired) electrons. The Labute approximate surface area is 117 Å². The molecular weight excluding hydrogens is 248 g/mol. The highest BCUT2D eigenvalue weighted by Gasteiger charge is 2.50. The van der Waals surface area contributed by atoms with Crippen molar-refractivity contribution in [3.05, 3.63) is 0 Å². The van der Waals surface area contributed by atoms with Crippen molar-refractivity contribution in [1.82, 2.24) is 0 Å². The third kappa shape index (κ3) is 2.79. The fourth-order valence-corrected chi connectivity index (χ4v) is 18.6. The summed E-state index contributed by atoms with van der Waals surface area (Å²) in [6.07, 6.45) is 15.5. The molecule has 2 fully saturated rings. The number of hydrogen-bond acceptors (Lipinski definition) is 0. The molecule has 2 aliphatic carbocycles. The molecule has 0 nitrogen and oxygen atoms in total. The fourth-order valence-electron chi connectivity index (χ4n) is 4.70. The Bertz CT molecular complexity index is 230. The molecule has 0 N–H and O–H groups in total. The zero-order valence-corrected chi connectivity index (χ0v) is 15.2. The predicted octanol–water partition coefficient (Wildman–Crippen LogP) is 6.15. The van der Waals surface area contributed by atoms with E-state index in [1.54, 1.807) is 25.7 Å². The normalized spacial score (nSPS) is 25.3. The Morgan fingerprint density at radius 3 is 1.06 bits per heavy atom. The van der Waals surface area contributed by atoms with Crippen molar-refractivity contribution < 1.29 is 0 Å². The Kier molecular flexibility index (Phi) is 4.80. The number of rotatable bonds is 3. The first-order valence-electron chi connectivity index (χ1n) is 8.46. The summed E-state index contributed by atoms with van der Waals surface area (Å²) in [6.45, 7) is 11.1. The van der Waals surface area contributed by atoms with E-state index in [0.29, 0.717) is 0 Å².